The van der Waals surface area contributed by atoms with Gasteiger partial charge in [0.25, 0.3) is 0 Å². The maximum atomic E-state index is 13.0. The van der Waals surface area contributed by atoms with Gasteiger partial charge in [-0.25, -0.2) is 0 Å². The third-order valence-electron chi connectivity index (χ3n) is 4.97. The molecule has 0 radical (unpaired) electrons. The van der Waals surface area contributed by atoms with Crippen LogP contribution in [0.4, 0.5) is 0 Å². The van der Waals surface area contributed by atoms with E-state index >= 15 is 0 Å². The summed E-state index contributed by atoms with van der Waals surface area (Å²) in [6.07, 6.45) is 7.87. The molecule has 0 aromatic heterocycles. The van der Waals surface area contributed by atoms with Crippen molar-refractivity contribution in [1.82, 2.24) is 4.90 Å². The molecule has 122 valence electrons. The second-order valence-corrected chi connectivity index (χ2v) is 7.51. The Kier molecular flexibility index (Phi) is 6.36. The highest BCUT2D eigenvalue weighted by Crippen LogP contribution is 2.45. The molecule has 1 aliphatic carbocycles. The van der Waals surface area contributed by atoms with Crippen LogP contribution in [0.5, 0.6) is 0 Å². The number of nitrogens with zero attached hydrogens (tertiary/aromatic N) is 1. The molecule has 1 aliphatic heterocycles. The Balaban J connectivity index is 1.90. The van der Waals surface area contributed by atoms with Gasteiger partial charge < -0.3 is 9.64 Å². The van der Waals surface area contributed by atoms with E-state index in [1.54, 1.807) is 0 Å². The summed E-state index contributed by atoms with van der Waals surface area (Å²) in [4.78, 5) is 15.1. The Morgan fingerprint density at radius 1 is 1.29 bits per heavy atom. The highest BCUT2D eigenvalue weighted by molar-refractivity contribution is 6.17. The van der Waals surface area contributed by atoms with Gasteiger partial charge in [0, 0.05) is 24.4 Å². The third-order valence-corrected chi connectivity index (χ3v) is 5.13. The Hall–Kier alpha value is -0.280. The molecule has 0 bridgehead atoms. The van der Waals surface area contributed by atoms with E-state index in [0.29, 0.717) is 24.3 Å². The number of hydrogen-bond donors (Lipinski definition) is 0. The van der Waals surface area contributed by atoms with Gasteiger partial charge in [-0.2, -0.15) is 0 Å². The summed E-state index contributed by atoms with van der Waals surface area (Å²) >= 11 is 5.66. The monoisotopic (exact) mass is 315 g/mol. The normalized spacial score (nSPS) is 23.0. The first-order chi connectivity index (χ1) is 10.1. The summed E-state index contributed by atoms with van der Waals surface area (Å²) in [6, 6.07) is 0. The maximum absolute atomic E-state index is 13.0. The minimum Gasteiger partial charge on any atom is -0.377 e. The van der Waals surface area contributed by atoms with Crippen molar-refractivity contribution in [3.05, 3.63) is 0 Å². The number of amides is 1. The van der Waals surface area contributed by atoms with E-state index < -0.39 is 0 Å². The second kappa shape index (κ2) is 7.82. The van der Waals surface area contributed by atoms with Crippen molar-refractivity contribution in [2.75, 3.05) is 25.6 Å². The summed E-state index contributed by atoms with van der Waals surface area (Å²) in [5, 5.41) is 0. The zero-order chi connectivity index (χ0) is 15.3. The number of carbonyl (C=O) groups excluding carboxylic acids is 1. The van der Waals surface area contributed by atoms with Crippen LogP contribution in [0.1, 0.15) is 58.8 Å². The fourth-order valence-corrected chi connectivity index (χ4v) is 4.20. The molecule has 2 rings (SSSR count). The average molecular weight is 316 g/mol. The highest BCUT2D eigenvalue weighted by atomic mass is 35.5. The van der Waals surface area contributed by atoms with Gasteiger partial charge in [-0.3, -0.25) is 4.79 Å². The van der Waals surface area contributed by atoms with Gasteiger partial charge in [-0.1, -0.05) is 26.7 Å². The lowest BCUT2D eigenvalue weighted by molar-refractivity contribution is -0.145. The van der Waals surface area contributed by atoms with E-state index in [0.717, 1.165) is 45.2 Å². The summed E-state index contributed by atoms with van der Waals surface area (Å²) < 4.78 is 5.71. The van der Waals surface area contributed by atoms with Crippen molar-refractivity contribution in [3.8, 4) is 0 Å². The number of rotatable bonds is 6. The number of carbonyl (C=O) groups is 1. The Morgan fingerprint density at radius 3 is 2.43 bits per heavy atom. The predicted octanol–water partition coefficient (Wildman–Crippen LogP) is 3.84. The van der Waals surface area contributed by atoms with E-state index in [-0.39, 0.29) is 11.5 Å². The van der Waals surface area contributed by atoms with Crippen LogP contribution in [0.25, 0.3) is 0 Å². The molecule has 2 aliphatic rings. The SMILES string of the molecule is CC(C)CC1(C(=O)N2CCC(OCCCl)CC2)CCCC1. The van der Waals surface area contributed by atoms with Crippen LogP contribution in [-0.4, -0.2) is 42.5 Å². The maximum Gasteiger partial charge on any atom is 0.228 e. The second-order valence-electron chi connectivity index (χ2n) is 7.14. The lowest BCUT2D eigenvalue weighted by Crippen LogP contribution is -2.48. The summed E-state index contributed by atoms with van der Waals surface area (Å²) in [7, 11) is 0. The molecule has 0 aromatic rings. The van der Waals surface area contributed by atoms with Crippen LogP contribution in [0.2, 0.25) is 0 Å². The van der Waals surface area contributed by atoms with Crippen molar-refractivity contribution >= 4 is 17.5 Å². The number of alkyl halides is 1. The molecule has 1 saturated heterocycles. The van der Waals surface area contributed by atoms with Crippen molar-refractivity contribution < 1.29 is 9.53 Å². The first-order valence-corrected chi connectivity index (χ1v) is 9.08. The average Bonchev–Trinajstić information content (AvgIpc) is 2.93. The molecule has 4 heteroatoms. The van der Waals surface area contributed by atoms with Gasteiger partial charge in [0.1, 0.15) is 0 Å². The molecule has 0 aromatic carbocycles. The molecule has 0 N–H and O–H groups in total. The Morgan fingerprint density at radius 2 is 1.90 bits per heavy atom. The summed E-state index contributed by atoms with van der Waals surface area (Å²) in [5.41, 5.74) is -0.0575. The fraction of sp³-hybridized carbons (Fsp3) is 0.941. The van der Waals surface area contributed by atoms with E-state index in [2.05, 4.69) is 18.7 Å². The van der Waals surface area contributed by atoms with E-state index in [4.69, 9.17) is 16.3 Å². The van der Waals surface area contributed by atoms with Gasteiger partial charge >= 0.3 is 0 Å². The molecule has 1 saturated carbocycles. The summed E-state index contributed by atoms with van der Waals surface area (Å²) in [6.45, 7) is 6.80. The summed E-state index contributed by atoms with van der Waals surface area (Å²) in [5.74, 6) is 1.57. The first kappa shape index (κ1) is 17.1. The van der Waals surface area contributed by atoms with E-state index in [1.807, 2.05) is 0 Å². The Labute approximate surface area is 134 Å². The van der Waals surface area contributed by atoms with Crippen molar-refractivity contribution in [2.45, 2.75) is 64.9 Å². The predicted molar refractivity (Wildman–Crippen MR) is 86.6 cm³/mol. The molecule has 2 fully saturated rings. The van der Waals surface area contributed by atoms with E-state index in [1.165, 1.54) is 12.8 Å². The van der Waals surface area contributed by atoms with Gasteiger partial charge in [-0.05, 0) is 38.0 Å². The zero-order valence-corrected chi connectivity index (χ0v) is 14.3. The molecule has 1 amide bonds. The molecule has 3 nitrogen and oxygen atoms in total. The number of piperidine rings is 1. The quantitative estimate of drug-likeness (QED) is 0.697. The minimum atomic E-state index is -0.0575. The molecule has 0 unspecified atom stereocenters. The topological polar surface area (TPSA) is 29.5 Å². The molecular weight excluding hydrogens is 286 g/mol. The van der Waals surface area contributed by atoms with Crippen molar-refractivity contribution in [2.24, 2.45) is 11.3 Å². The highest BCUT2D eigenvalue weighted by Gasteiger charge is 2.44. The van der Waals surface area contributed by atoms with Crippen LogP contribution in [0.15, 0.2) is 0 Å². The van der Waals surface area contributed by atoms with Crippen LogP contribution >= 0.6 is 11.6 Å². The standard InChI is InChI=1S/C17H30ClNO2/c1-14(2)13-17(7-3-4-8-17)16(20)19-10-5-15(6-11-19)21-12-9-18/h14-15H,3-13H2,1-2H3. The lowest BCUT2D eigenvalue weighted by Gasteiger charge is -2.39. The Bertz CT molecular complexity index is 332. The smallest absolute Gasteiger partial charge is 0.228 e. The van der Waals surface area contributed by atoms with Gasteiger partial charge in [0.15, 0.2) is 0 Å². The largest absolute Gasteiger partial charge is 0.377 e. The van der Waals surface area contributed by atoms with Gasteiger partial charge in [0.2, 0.25) is 5.91 Å². The zero-order valence-electron chi connectivity index (χ0n) is 13.6. The van der Waals surface area contributed by atoms with Crippen LogP contribution < -0.4 is 0 Å². The minimum absolute atomic E-state index is 0.0575. The van der Waals surface area contributed by atoms with Gasteiger partial charge in [0.05, 0.1) is 12.7 Å². The van der Waals surface area contributed by atoms with Gasteiger partial charge in [-0.15, -0.1) is 11.6 Å². The number of likely N-dealkylation sites (tertiary alicyclic amines) is 1. The van der Waals surface area contributed by atoms with Crippen LogP contribution in [-0.2, 0) is 9.53 Å². The van der Waals surface area contributed by atoms with Crippen molar-refractivity contribution in [3.63, 3.8) is 0 Å². The molecule has 1 heterocycles. The number of halogens is 1. The third kappa shape index (κ3) is 4.35. The van der Waals surface area contributed by atoms with E-state index in [9.17, 15) is 4.79 Å². The number of hydrogen-bond acceptors (Lipinski definition) is 2. The number of ether oxygens (including phenoxy) is 1. The molecular formula is C17H30ClNO2. The molecule has 21 heavy (non-hydrogen) atoms. The molecule has 0 atom stereocenters. The van der Waals surface area contributed by atoms with Crippen LogP contribution in [0, 0.1) is 11.3 Å². The molecule has 0 spiro atoms. The first-order valence-electron chi connectivity index (χ1n) is 8.54. The lowest BCUT2D eigenvalue weighted by atomic mass is 9.77. The van der Waals surface area contributed by atoms with Crippen molar-refractivity contribution in [1.29, 1.82) is 0 Å². The fourth-order valence-electron chi connectivity index (χ4n) is 4.11. The van der Waals surface area contributed by atoms with Crippen LogP contribution in [0.3, 0.4) is 0 Å².